The molecule has 22 heavy (non-hydrogen) atoms. The van der Waals surface area contributed by atoms with E-state index >= 15 is 0 Å². The second-order valence-electron chi connectivity index (χ2n) is 5.03. The molecular weight excluding hydrogens is 354 g/mol. The van der Waals surface area contributed by atoms with Crippen LogP contribution in [0.1, 0.15) is 38.3 Å². The van der Waals surface area contributed by atoms with E-state index in [-0.39, 0.29) is 11.9 Å². The van der Waals surface area contributed by atoms with Crippen molar-refractivity contribution in [3.8, 4) is 0 Å². The second kappa shape index (κ2) is 7.30. The minimum absolute atomic E-state index is 0.0365. The molecule has 3 rings (SSSR count). The van der Waals surface area contributed by atoms with Crippen LogP contribution in [0, 0.1) is 0 Å². The third-order valence-electron chi connectivity index (χ3n) is 3.44. The van der Waals surface area contributed by atoms with E-state index < -0.39 is 0 Å². The van der Waals surface area contributed by atoms with Crippen LogP contribution in [0.25, 0.3) is 0 Å². The number of hydrogen-bond acceptors (Lipinski definition) is 4. The molecule has 2 aromatic rings. The van der Waals surface area contributed by atoms with E-state index in [1.54, 1.807) is 0 Å². The Morgan fingerprint density at radius 2 is 1.86 bits per heavy atom. The van der Waals surface area contributed by atoms with Gasteiger partial charge in [0.2, 0.25) is 0 Å². The molecule has 1 amide bonds. The lowest BCUT2D eigenvalue weighted by molar-refractivity contribution is 0.0940. The molecule has 1 aliphatic heterocycles. The van der Waals surface area contributed by atoms with Gasteiger partial charge >= 0.3 is 0 Å². The van der Waals surface area contributed by atoms with Gasteiger partial charge in [0.25, 0.3) is 5.91 Å². The Hall–Kier alpha value is -0.620. The molecule has 1 atom stereocenters. The van der Waals surface area contributed by atoms with Crippen LogP contribution in [0.4, 0.5) is 0 Å². The van der Waals surface area contributed by atoms with Crippen LogP contribution in [0.3, 0.4) is 0 Å². The van der Waals surface area contributed by atoms with Gasteiger partial charge in [0.05, 0.1) is 15.0 Å². The Morgan fingerprint density at radius 1 is 1.18 bits per heavy atom. The number of benzene rings is 1. The maximum absolute atomic E-state index is 12.3. The molecule has 0 radical (unpaired) electrons. The lowest BCUT2D eigenvalue weighted by Crippen LogP contribution is -2.26. The van der Waals surface area contributed by atoms with Crippen LogP contribution in [0.15, 0.2) is 36.4 Å². The molecule has 0 saturated carbocycles. The van der Waals surface area contributed by atoms with E-state index in [0.717, 1.165) is 9.21 Å². The van der Waals surface area contributed by atoms with Gasteiger partial charge in [-0.05, 0) is 36.8 Å². The summed E-state index contributed by atoms with van der Waals surface area (Å²) in [6.45, 7) is 1.97. The van der Waals surface area contributed by atoms with Gasteiger partial charge in [0.15, 0.2) is 0 Å². The lowest BCUT2D eigenvalue weighted by atomic mass is 10.1. The molecule has 116 valence electrons. The fourth-order valence-electron chi connectivity index (χ4n) is 2.25. The average molecular weight is 370 g/mol. The molecule has 0 spiro atoms. The Morgan fingerprint density at radius 3 is 2.45 bits per heavy atom. The zero-order chi connectivity index (χ0) is 15.5. The highest BCUT2D eigenvalue weighted by molar-refractivity contribution is 8.19. The molecule has 1 N–H and O–H groups in total. The summed E-state index contributed by atoms with van der Waals surface area (Å²) < 4.78 is 1.26. The van der Waals surface area contributed by atoms with Crippen LogP contribution in [0.2, 0.25) is 4.34 Å². The van der Waals surface area contributed by atoms with Gasteiger partial charge in [0.1, 0.15) is 0 Å². The third kappa shape index (κ3) is 3.82. The van der Waals surface area contributed by atoms with Crippen LogP contribution >= 0.6 is 46.5 Å². The van der Waals surface area contributed by atoms with Gasteiger partial charge < -0.3 is 5.32 Å². The van der Waals surface area contributed by atoms with Gasteiger partial charge in [-0.1, -0.05) is 23.7 Å². The maximum atomic E-state index is 12.3. The predicted octanol–water partition coefficient (Wildman–Crippen LogP) is 5.37. The van der Waals surface area contributed by atoms with Crippen LogP contribution in [-0.2, 0) is 0 Å². The highest BCUT2D eigenvalue weighted by atomic mass is 35.5. The van der Waals surface area contributed by atoms with E-state index in [9.17, 15) is 4.79 Å². The fourth-order valence-corrected chi connectivity index (χ4v) is 6.18. The number of rotatable bonds is 4. The van der Waals surface area contributed by atoms with E-state index in [1.165, 1.54) is 28.4 Å². The van der Waals surface area contributed by atoms with Crippen molar-refractivity contribution in [2.45, 2.75) is 17.5 Å². The smallest absolute Gasteiger partial charge is 0.251 e. The number of thiophene rings is 1. The van der Waals surface area contributed by atoms with Crippen molar-refractivity contribution < 1.29 is 4.79 Å². The van der Waals surface area contributed by atoms with Crippen molar-refractivity contribution in [1.29, 1.82) is 0 Å². The monoisotopic (exact) mass is 369 g/mol. The standard InChI is InChI=1S/C16H16ClNOS3/c1-10(13-6-7-14(17)22-13)18-15(19)11-2-4-12(5-3-11)16-20-8-9-21-16/h2-7,10,16H,8-9H2,1H3,(H,18,19). The maximum Gasteiger partial charge on any atom is 0.251 e. The number of nitrogens with one attached hydrogen (secondary N) is 1. The Labute approximate surface area is 148 Å². The molecular formula is C16H16ClNOS3. The van der Waals surface area contributed by atoms with Crippen LogP contribution in [0.5, 0.6) is 0 Å². The zero-order valence-electron chi connectivity index (χ0n) is 12.0. The number of amides is 1. The number of halogens is 1. The average Bonchev–Trinajstić information content (AvgIpc) is 3.18. The molecule has 2 nitrogen and oxygen atoms in total. The highest BCUT2D eigenvalue weighted by Gasteiger charge is 2.19. The van der Waals surface area contributed by atoms with E-state index in [4.69, 9.17) is 11.6 Å². The SMILES string of the molecule is CC(NC(=O)c1ccc(C2SCCS2)cc1)c1ccc(Cl)s1. The van der Waals surface area contributed by atoms with Gasteiger partial charge in [-0.15, -0.1) is 34.9 Å². The summed E-state index contributed by atoms with van der Waals surface area (Å²) >= 11 is 11.4. The van der Waals surface area contributed by atoms with Gasteiger partial charge in [0, 0.05) is 21.9 Å². The molecule has 1 saturated heterocycles. The van der Waals surface area contributed by atoms with Gasteiger partial charge in [-0.3, -0.25) is 4.79 Å². The first-order valence-corrected chi connectivity index (χ1v) is 10.3. The Bertz CT molecular complexity index is 650. The van der Waals surface area contributed by atoms with Crippen molar-refractivity contribution in [2.24, 2.45) is 0 Å². The molecule has 0 aliphatic carbocycles. The topological polar surface area (TPSA) is 29.1 Å². The first kappa shape index (κ1) is 16.2. The van der Waals surface area contributed by atoms with E-state index in [2.05, 4.69) is 17.4 Å². The zero-order valence-corrected chi connectivity index (χ0v) is 15.2. The van der Waals surface area contributed by atoms with Crippen molar-refractivity contribution in [3.05, 3.63) is 56.7 Å². The molecule has 2 heterocycles. The molecule has 1 aromatic carbocycles. The summed E-state index contributed by atoms with van der Waals surface area (Å²) in [5.41, 5.74) is 1.99. The third-order valence-corrected chi connectivity index (χ3v) is 7.95. The van der Waals surface area contributed by atoms with E-state index in [1.807, 2.05) is 54.7 Å². The molecule has 6 heteroatoms. The van der Waals surface area contributed by atoms with Gasteiger partial charge in [-0.2, -0.15) is 0 Å². The Kier molecular flexibility index (Phi) is 5.39. The largest absolute Gasteiger partial charge is 0.345 e. The number of carbonyl (C=O) groups excluding carboxylic acids is 1. The molecule has 0 bridgehead atoms. The molecule has 1 aromatic heterocycles. The van der Waals surface area contributed by atoms with Crippen molar-refractivity contribution in [3.63, 3.8) is 0 Å². The molecule has 1 unspecified atom stereocenters. The van der Waals surface area contributed by atoms with E-state index in [0.29, 0.717) is 10.1 Å². The number of thioether (sulfide) groups is 2. The summed E-state index contributed by atoms with van der Waals surface area (Å²) in [7, 11) is 0. The lowest BCUT2D eigenvalue weighted by Gasteiger charge is -2.13. The van der Waals surface area contributed by atoms with Crippen molar-refractivity contribution >= 4 is 52.4 Å². The molecule has 1 fully saturated rings. The normalized spacial score (nSPS) is 16.6. The fraction of sp³-hybridized carbons (Fsp3) is 0.312. The number of carbonyl (C=O) groups is 1. The van der Waals surface area contributed by atoms with Crippen molar-refractivity contribution in [1.82, 2.24) is 5.32 Å². The Balaban J connectivity index is 1.64. The summed E-state index contributed by atoms with van der Waals surface area (Å²) in [5, 5.41) is 3.02. The van der Waals surface area contributed by atoms with Crippen molar-refractivity contribution in [2.75, 3.05) is 11.5 Å². The summed E-state index contributed by atoms with van der Waals surface area (Å²) in [6.07, 6.45) is 0. The molecule has 1 aliphatic rings. The summed E-state index contributed by atoms with van der Waals surface area (Å²) in [4.78, 5) is 13.4. The number of hydrogen-bond donors (Lipinski definition) is 1. The minimum Gasteiger partial charge on any atom is -0.345 e. The highest BCUT2D eigenvalue weighted by Crippen LogP contribution is 2.45. The predicted molar refractivity (Wildman–Crippen MR) is 99.3 cm³/mol. The summed E-state index contributed by atoms with van der Waals surface area (Å²) in [5.74, 6) is 2.37. The second-order valence-corrected chi connectivity index (χ2v) is 9.50. The first-order chi connectivity index (χ1) is 10.6. The van der Waals surface area contributed by atoms with Crippen LogP contribution < -0.4 is 5.32 Å². The quantitative estimate of drug-likeness (QED) is 0.785. The van der Waals surface area contributed by atoms with Crippen LogP contribution in [-0.4, -0.2) is 17.4 Å². The van der Waals surface area contributed by atoms with Gasteiger partial charge in [-0.25, -0.2) is 0 Å². The summed E-state index contributed by atoms with van der Waals surface area (Å²) in [6, 6.07) is 11.7. The first-order valence-electron chi connectivity index (χ1n) is 7.03. The minimum atomic E-state index is -0.0460.